The second-order valence-corrected chi connectivity index (χ2v) is 5.74. The summed E-state index contributed by atoms with van der Waals surface area (Å²) in [7, 11) is 1.28. The molecule has 0 aliphatic carbocycles. The third-order valence-corrected chi connectivity index (χ3v) is 3.89. The molecule has 3 rings (SSSR count). The van der Waals surface area contributed by atoms with E-state index in [1.807, 2.05) is 19.1 Å². The highest BCUT2D eigenvalue weighted by molar-refractivity contribution is 5.93. The van der Waals surface area contributed by atoms with Gasteiger partial charge in [0.2, 0.25) is 0 Å². The van der Waals surface area contributed by atoms with Gasteiger partial charge in [-0.05, 0) is 42.8 Å². The van der Waals surface area contributed by atoms with E-state index in [4.69, 9.17) is 9.15 Å². The third-order valence-electron chi connectivity index (χ3n) is 3.89. The maximum atomic E-state index is 12.2. The van der Waals surface area contributed by atoms with Crippen molar-refractivity contribution >= 4 is 22.9 Å². The summed E-state index contributed by atoms with van der Waals surface area (Å²) in [5.74, 6) is -1.04. The van der Waals surface area contributed by atoms with Crippen LogP contribution in [0.5, 0.6) is 0 Å². The molecule has 0 bridgehead atoms. The van der Waals surface area contributed by atoms with Crippen LogP contribution in [-0.2, 0) is 16.1 Å². The summed E-state index contributed by atoms with van der Waals surface area (Å²) in [5.41, 5.74) is 2.10. The largest absolute Gasteiger partial charge is 0.465 e. The van der Waals surface area contributed by atoms with Crippen molar-refractivity contribution in [2.75, 3.05) is 7.11 Å². The van der Waals surface area contributed by atoms with E-state index in [1.165, 1.54) is 37.4 Å². The van der Waals surface area contributed by atoms with Gasteiger partial charge in [0, 0.05) is 17.0 Å². The maximum Gasteiger partial charge on any atom is 0.338 e. The molecule has 1 aromatic heterocycles. The average molecular weight is 352 g/mol. The SMILES string of the molecule is COC(=O)c1ccc(C(=O)OCc2cc(=O)oc3cc(C)ccc23)cc1. The number of carbonyl (C=O) groups excluding carboxylic acids is 2. The van der Waals surface area contributed by atoms with Gasteiger partial charge in [-0.25, -0.2) is 14.4 Å². The molecule has 0 N–H and O–H groups in total. The number of fused-ring (bicyclic) bond motifs is 1. The zero-order chi connectivity index (χ0) is 18.7. The van der Waals surface area contributed by atoms with Crippen LogP contribution < -0.4 is 5.63 Å². The summed E-state index contributed by atoms with van der Waals surface area (Å²) in [4.78, 5) is 35.3. The lowest BCUT2D eigenvalue weighted by Crippen LogP contribution is -2.08. The zero-order valence-corrected chi connectivity index (χ0v) is 14.3. The molecule has 6 nitrogen and oxygen atoms in total. The fourth-order valence-electron chi connectivity index (χ4n) is 2.54. The lowest BCUT2D eigenvalue weighted by atomic mass is 10.1. The number of rotatable bonds is 4. The first-order chi connectivity index (χ1) is 12.5. The third kappa shape index (κ3) is 3.64. The monoisotopic (exact) mass is 352 g/mol. The molecule has 132 valence electrons. The Balaban J connectivity index is 1.78. The minimum atomic E-state index is -0.560. The molecule has 0 aliphatic rings. The van der Waals surface area contributed by atoms with Gasteiger partial charge in [-0.3, -0.25) is 0 Å². The highest BCUT2D eigenvalue weighted by Gasteiger charge is 2.12. The van der Waals surface area contributed by atoms with E-state index in [2.05, 4.69) is 4.74 Å². The lowest BCUT2D eigenvalue weighted by Gasteiger charge is -2.08. The van der Waals surface area contributed by atoms with Crippen LogP contribution in [0.25, 0.3) is 11.0 Å². The normalized spacial score (nSPS) is 10.5. The molecule has 0 saturated heterocycles. The molecule has 0 aliphatic heterocycles. The summed E-state index contributed by atoms with van der Waals surface area (Å²) in [5, 5.41) is 0.712. The van der Waals surface area contributed by atoms with E-state index in [0.29, 0.717) is 27.7 Å². The quantitative estimate of drug-likeness (QED) is 0.529. The molecule has 0 radical (unpaired) electrons. The minimum Gasteiger partial charge on any atom is -0.465 e. The Morgan fingerprint density at radius 2 is 1.62 bits per heavy atom. The first-order valence-electron chi connectivity index (χ1n) is 7.87. The first-order valence-corrected chi connectivity index (χ1v) is 7.87. The van der Waals surface area contributed by atoms with Crippen molar-refractivity contribution < 1.29 is 23.5 Å². The van der Waals surface area contributed by atoms with Crippen LogP contribution in [0.2, 0.25) is 0 Å². The molecule has 26 heavy (non-hydrogen) atoms. The predicted octanol–water partition coefficient (Wildman–Crippen LogP) is 3.25. The molecule has 0 spiro atoms. The van der Waals surface area contributed by atoms with Gasteiger partial charge in [-0.15, -0.1) is 0 Å². The Morgan fingerprint density at radius 3 is 2.27 bits per heavy atom. The summed E-state index contributed by atoms with van der Waals surface area (Å²) in [6, 6.07) is 12.7. The summed E-state index contributed by atoms with van der Waals surface area (Å²) < 4.78 is 15.1. The number of hydrogen-bond acceptors (Lipinski definition) is 6. The Morgan fingerprint density at radius 1 is 0.962 bits per heavy atom. The van der Waals surface area contributed by atoms with Crippen molar-refractivity contribution in [3.8, 4) is 0 Å². The Kier molecular flexibility index (Phi) is 4.84. The number of carbonyl (C=O) groups is 2. The van der Waals surface area contributed by atoms with Crippen LogP contribution >= 0.6 is 0 Å². The molecule has 0 atom stereocenters. The van der Waals surface area contributed by atoms with Gasteiger partial charge in [-0.2, -0.15) is 0 Å². The topological polar surface area (TPSA) is 82.8 Å². The number of methoxy groups -OCH3 is 1. The van der Waals surface area contributed by atoms with E-state index < -0.39 is 17.6 Å². The number of hydrogen-bond donors (Lipinski definition) is 0. The Labute approximate surface area is 149 Å². The molecular weight excluding hydrogens is 336 g/mol. The predicted molar refractivity (Wildman–Crippen MR) is 94.1 cm³/mol. The van der Waals surface area contributed by atoms with Gasteiger partial charge >= 0.3 is 17.6 Å². The molecule has 0 amide bonds. The van der Waals surface area contributed by atoms with Crippen LogP contribution in [0.1, 0.15) is 31.8 Å². The standard InChI is InChI=1S/C20H16O6/c1-12-3-8-16-15(10-18(21)26-17(16)9-12)11-25-20(23)14-6-4-13(5-7-14)19(22)24-2/h3-10H,11H2,1-2H3. The van der Waals surface area contributed by atoms with Crippen molar-refractivity contribution in [3.63, 3.8) is 0 Å². The molecule has 0 unspecified atom stereocenters. The molecular formula is C20H16O6. The van der Waals surface area contributed by atoms with Gasteiger partial charge in [0.15, 0.2) is 0 Å². The molecule has 0 saturated carbocycles. The highest BCUT2D eigenvalue weighted by atomic mass is 16.5. The van der Waals surface area contributed by atoms with Crippen LogP contribution in [0.3, 0.4) is 0 Å². The second kappa shape index (κ2) is 7.23. The number of ether oxygens (including phenoxy) is 2. The minimum absolute atomic E-state index is 0.0667. The number of benzene rings is 2. The van der Waals surface area contributed by atoms with Crippen LogP contribution in [0.4, 0.5) is 0 Å². The average Bonchev–Trinajstić information content (AvgIpc) is 2.64. The first kappa shape index (κ1) is 17.4. The zero-order valence-electron chi connectivity index (χ0n) is 14.3. The van der Waals surface area contributed by atoms with Gasteiger partial charge in [0.05, 0.1) is 18.2 Å². The molecule has 6 heteroatoms. The number of aryl methyl sites for hydroxylation is 1. The van der Waals surface area contributed by atoms with Crippen LogP contribution in [-0.4, -0.2) is 19.0 Å². The summed E-state index contributed by atoms with van der Waals surface area (Å²) in [6.45, 7) is 1.83. The van der Waals surface area contributed by atoms with E-state index in [0.717, 1.165) is 5.56 Å². The fraction of sp³-hybridized carbons (Fsp3) is 0.150. The van der Waals surface area contributed by atoms with Crippen molar-refractivity contribution in [1.29, 1.82) is 0 Å². The van der Waals surface area contributed by atoms with E-state index in [9.17, 15) is 14.4 Å². The van der Waals surface area contributed by atoms with Crippen LogP contribution in [0.15, 0.2) is 57.7 Å². The maximum absolute atomic E-state index is 12.2. The second-order valence-electron chi connectivity index (χ2n) is 5.74. The van der Waals surface area contributed by atoms with E-state index >= 15 is 0 Å². The molecule has 1 heterocycles. The van der Waals surface area contributed by atoms with E-state index in [-0.39, 0.29) is 6.61 Å². The van der Waals surface area contributed by atoms with Crippen molar-refractivity contribution in [1.82, 2.24) is 0 Å². The van der Waals surface area contributed by atoms with Gasteiger partial charge in [-0.1, -0.05) is 12.1 Å². The smallest absolute Gasteiger partial charge is 0.338 e. The summed E-state index contributed by atoms with van der Waals surface area (Å²) >= 11 is 0. The summed E-state index contributed by atoms with van der Waals surface area (Å²) in [6.07, 6.45) is 0. The fourth-order valence-corrected chi connectivity index (χ4v) is 2.54. The number of esters is 2. The highest BCUT2D eigenvalue weighted by Crippen LogP contribution is 2.19. The molecule has 0 fully saturated rings. The van der Waals surface area contributed by atoms with Crippen molar-refractivity contribution in [3.05, 3.63) is 81.2 Å². The van der Waals surface area contributed by atoms with E-state index in [1.54, 1.807) is 6.07 Å². The van der Waals surface area contributed by atoms with Crippen molar-refractivity contribution in [2.45, 2.75) is 13.5 Å². The van der Waals surface area contributed by atoms with Crippen LogP contribution in [0, 0.1) is 6.92 Å². The van der Waals surface area contributed by atoms with Gasteiger partial charge < -0.3 is 13.9 Å². The molecule has 2 aromatic carbocycles. The Hall–Kier alpha value is -3.41. The van der Waals surface area contributed by atoms with Crippen molar-refractivity contribution in [2.24, 2.45) is 0 Å². The lowest BCUT2D eigenvalue weighted by molar-refractivity contribution is 0.0472. The molecule has 3 aromatic rings. The Bertz CT molecular complexity index is 1030. The van der Waals surface area contributed by atoms with Gasteiger partial charge in [0.25, 0.3) is 0 Å². The van der Waals surface area contributed by atoms with Gasteiger partial charge in [0.1, 0.15) is 12.2 Å².